The van der Waals surface area contributed by atoms with Crippen LogP contribution in [-0.2, 0) is 11.2 Å². The summed E-state index contributed by atoms with van der Waals surface area (Å²) in [6.45, 7) is 3.83. The Kier molecular flexibility index (Phi) is 5.07. The normalized spacial score (nSPS) is 17.1. The SMILES string of the molecule is CCc1cc(N2CCOC(c3ccccc3F)C2)nc(-c2ccccn2)n1. The summed E-state index contributed by atoms with van der Waals surface area (Å²) in [6.07, 6.45) is 2.22. The first-order chi connectivity index (χ1) is 13.2. The lowest BCUT2D eigenvalue weighted by molar-refractivity contribution is 0.0372. The Bertz CT molecular complexity index is 919. The quantitative estimate of drug-likeness (QED) is 0.704. The second kappa shape index (κ2) is 7.80. The highest BCUT2D eigenvalue weighted by atomic mass is 19.1. The molecular formula is C21H21FN4O. The number of hydrogen-bond donors (Lipinski definition) is 0. The van der Waals surface area contributed by atoms with Gasteiger partial charge in [-0.3, -0.25) is 4.98 Å². The van der Waals surface area contributed by atoms with E-state index >= 15 is 0 Å². The number of hydrogen-bond acceptors (Lipinski definition) is 5. The first kappa shape index (κ1) is 17.5. The average molecular weight is 364 g/mol. The highest BCUT2D eigenvalue weighted by Gasteiger charge is 2.25. The molecule has 1 unspecified atom stereocenters. The zero-order valence-electron chi connectivity index (χ0n) is 15.2. The lowest BCUT2D eigenvalue weighted by Gasteiger charge is -2.34. The Labute approximate surface area is 157 Å². The monoisotopic (exact) mass is 364 g/mol. The first-order valence-corrected chi connectivity index (χ1v) is 9.15. The highest BCUT2D eigenvalue weighted by molar-refractivity contribution is 5.54. The second-order valence-corrected chi connectivity index (χ2v) is 6.44. The van der Waals surface area contributed by atoms with Gasteiger partial charge >= 0.3 is 0 Å². The number of ether oxygens (including phenoxy) is 1. The van der Waals surface area contributed by atoms with Crippen molar-refractivity contribution >= 4 is 5.82 Å². The van der Waals surface area contributed by atoms with Gasteiger partial charge in [0.15, 0.2) is 5.82 Å². The molecular weight excluding hydrogens is 343 g/mol. The smallest absolute Gasteiger partial charge is 0.180 e. The zero-order valence-corrected chi connectivity index (χ0v) is 15.2. The topological polar surface area (TPSA) is 51.1 Å². The Morgan fingerprint density at radius 3 is 2.78 bits per heavy atom. The number of rotatable bonds is 4. The third kappa shape index (κ3) is 3.80. The minimum Gasteiger partial charge on any atom is -0.370 e. The maximum Gasteiger partial charge on any atom is 0.180 e. The van der Waals surface area contributed by atoms with E-state index < -0.39 is 0 Å². The fraction of sp³-hybridized carbons (Fsp3) is 0.286. The number of benzene rings is 1. The molecule has 3 heterocycles. The number of aromatic nitrogens is 3. The molecule has 27 heavy (non-hydrogen) atoms. The van der Waals surface area contributed by atoms with Crippen molar-refractivity contribution in [2.24, 2.45) is 0 Å². The molecule has 0 aliphatic carbocycles. The van der Waals surface area contributed by atoms with Crippen LogP contribution in [0.5, 0.6) is 0 Å². The lowest BCUT2D eigenvalue weighted by atomic mass is 10.1. The Balaban J connectivity index is 1.65. The van der Waals surface area contributed by atoms with Crippen molar-refractivity contribution in [2.75, 3.05) is 24.6 Å². The summed E-state index contributed by atoms with van der Waals surface area (Å²) in [6, 6.07) is 14.5. The van der Waals surface area contributed by atoms with Crippen molar-refractivity contribution in [2.45, 2.75) is 19.4 Å². The van der Waals surface area contributed by atoms with Crippen molar-refractivity contribution in [3.8, 4) is 11.5 Å². The summed E-state index contributed by atoms with van der Waals surface area (Å²) in [5.41, 5.74) is 2.28. The van der Waals surface area contributed by atoms with Crippen LogP contribution >= 0.6 is 0 Å². The highest BCUT2D eigenvalue weighted by Crippen LogP contribution is 2.28. The van der Waals surface area contributed by atoms with Gasteiger partial charge in [-0.2, -0.15) is 0 Å². The first-order valence-electron chi connectivity index (χ1n) is 9.15. The van der Waals surface area contributed by atoms with E-state index in [9.17, 15) is 4.39 Å². The molecule has 0 N–H and O–H groups in total. The van der Waals surface area contributed by atoms with Gasteiger partial charge in [-0.05, 0) is 24.6 Å². The zero-order chi connectivity index (χ0) is 18.6. The Morgan fingerprint density at radius 1 is 1.15 bits per heavy atom. The maximum absolute atomic E-state index is 14.2. The molecule has 1 atom stereocenters. The molecule has 0 saturated carbocycles. The van der Waals surface area contributed by atoms with E-state index in [0.29, 0.717) is 31.1 Å². The van der Waals surface area contributed by atoms with E-state index in [-0.39, 0.29) is 11.9 Å². The molecule has 2 aromatic heterocycles. The molecule has 0 radical (unpaired) electrons. The van der Waals surface area contributed by atoms with Crippen LogP contribution in [0, 0.1) is 5.82 Å². The van der Waals surface area contributed by atoms with Gasteiger partial charge in [0.2, 0.25) is 0 Å². The largest absolute Gasteiger partial charge is 0.370 e. The molecule has 4 rings (SSSR count). The van der Waals surface area contributed by atoms with Crippen molar-refractivity contribution in [3.63, 3.8) is 0 Å². The predicted molar refractivity (Wildman–Crippen MR) is 102 cm³/mol. The minimum atomic E-state index is -0.321. The Morgan fingerprint density at radius 2 is 2.00 bits per heavy atom. The van der Waals surface area contributed by atoms with E-state index in [1.807, 2.05) is 30.3 Å². The molecule has 0 spiro atoms. The third-order valence-corrected chi connectivity index (χ3v) is 4.66. The van der Waals surface area contributed by atoms with Gasteiger partial charge in [-0.1, -0.05) is 31.2 Å². The molecule has 1 aliphatic rings. The Hall–Kier alpha value is -2.86. The number of pyridine rings is 1. The van der Waals surface area contributed by atoms with Gasteiger partial charge < -0.3 is 9.64 Å². The van der Waals surface area contributed by atoms with Gasteiger partial charge in [0, 0.05) is 36.6 Å². The van der Waals surface area contributed by atoms with Gasteiger partial charge in [-0.15, -0.1) is 0 Å². The summed E-state index contributed by atoms with van der Waals surface area (Å²) in [5.74, 6) is 1.20. The van der Waals surface area contributed by atoms with E-state index in [0.717, 1.165) is 23.6 Å². The summed E-state index contributed by atoms with van der Waals surface area (Å²) < 4.78 is 20.0. The van der Waals surface area contributed by atoms with Crippen LogP contribution in [0.1, 0.15) is 24.3 Å². The van der Waals surface area contributed by atoms with Gasteiger partial charge in [0.25, 0.3) is 0 Å². The van der Waals surface area contributed by atoms with Crippen LogP contribution in [0.3, 0.4) is 0 Å². The fourth-order valence-corrected chi connectivity index (χ4v) is 3.22. The summed E-state index contributed by atoms with van der Waals surface area (Å²) in [5, 5.41) is 0. The number of aryl methyl sites for hydroxylation is 1. The van der Waals surface area contributed by atoms with Crippen LogP contribution in [0.15, 0.2) is 54.7 Å². The van der Waals surface area contributed by atoms with E-state index in [4.69, 9.17) is 9.72 Å². The standard InChI is InChI=1S/C21H21FN4O/c1-2-15-13-20(25-21(24-15)18-9-5-6-10-23-18)26-11-12-27-19(14-26)16-7-3-4-8-17(16)22/h3-10,13,19H,2,11-12,14H2,1H3. The third-order valence-electron chi connectivity index (χ3n) is 4.66. The molecule has 6 heteroatoms. The second-order valence-electron chi connectivity index (χ2n) is 6.44. The van der Waals surface area contributed by atoms with Crippen LogP contribution in [0.25, 0.3) is 11.5 Å². The van der Waals surface area contributed by atoms with Crippen LogP contribution < -0.4 is 4.90 Å². The summed E-state index contributed by atoms with van der Waals surface area (Å²) in [7, 11) is 0. The number of morpholine rings is 1. The number of nitrogens with zero attached hydrogens (tertiary/aromatic N) is 4. The van der Waals surface area contributed by atoms with Crippen molar-refractivity contribution in [3.05, 3.63) is 71.8 Å². The van der Waals surface area contributed by atoms with E-state index in [1.54, 1.807) is 18.3 Å². The number of halogens is 1. The molecule has 138 valence electrons. The van der Waals surface area contributed by atoms with Crippen LogP contribution in [0.2, 0.25) is 0 Å². The van der Waals surface area contributed by atoms with Crippen molar-refractivity contribution in [1.29, 1.82) is 0 Å². The molecule has 1 aliphatic heterocycles. The number of anilines is 1. The minimum absolute atomic E-state index is 0.240. The van der Waals surface area contributed by atoms with E-state index in [1.165, 1.54) is 6.07 Å². The molecule has 1 aromatic carbocycles. The van der Waals surface area contributed by atoms with Gasteiger partial charge in [-0.25, -0.2) is 14.4 Å². The lowest BCUT2D eigenvalue weighted by Crippen LogP contribution is -2.39. The molecule has 1 saturated heterocycles. The summed E-state index contributed by atoms with van der Waals surface area (Å²) >= 11 is 0. The summed E-state index contributed by atoms with van der Waals surface area (Å²) in [4.78, 5) is 15.8. The molecule has 5 nitrogen and oxygen atoms in total. The van der Waals surface area contributed by atoms with Crippen molar-refractivity contribution in [1.82, 2.24) is 15.0 Å². The molecule has 1 fully saturated rings. The van der Waals surface area contributed by atoms with Crippen LogP contribution in [-0.4, -0.2) is 34.6 Å². The average Bonchev–Trinajstić information content (AvgIpc) is 2.74. The van der Waals surface area contributed by atoms with Crippen molar-refractivity contribution < 1.29 is 9.13 Å². The molecule has 3 aromatic rings. The molecule has 0 amide bonds. The maximum atomic E-state index is 14.2. The fourth-order valence-electron chi connectivity index (χ4n) is 3.22. The molecule has 0 bridgehead atoms. The van der Waals surface area contributed by atoms with Crippen LogP contribution in [0.4, 0.5) is 10.2 Å². The van der Waals surface area contributed by atoms with Gasteiger partial charge in [0.1, 0.15) is 23.4 Å². The van der Waals surface area contributed by atoms with Gasteiger partial charge in [0.05, 0.1) is 6.61 Å². The predicted octanol–water partition coefficient (Wildman–Crippen LogP) is 3.82. The van der Waals surface area contributed by atoms with E-state index in [2.05, 4.69) is 21.8 Å².